The van der Waals surface area contributed by atoms with E-state index in [4.69, 9.17) is 4.74 Å². The summed E-state index contributed by atoms with van der Waals surface area (Å²) in [5, 5.41) is 6.21. The fourth-order valence-electron chi connectivity index (χ4n) is 4.18. The van der Waals surface area contributed by atoms with Gasteiger partial charge in [-0.05, 0) is 57.0 Å². The van der Waals surface area contributed by atoms with Crippen LogP contribution in [0.4, 0.5) is 14.5 Å². The van der Waals surface area contributed by atoms with Crippen LogP contribution in [-0.4, -0.2) is 25.1 Å². The Balaban J connectivity index is 1.97. The number of benzene rings is 2. The maximum absolute atomic E-state index is 14.9. The molecule has 2 heterocycles. The predicted molar refractivity (Wildman–Crippen MR) is 100.0 cm³/mol. The van der Waals surface area contributed by atoms with Gasteiger partial charge in [-0.3, -0.25) is 4.79 Å². The Bertz CT molecular complexity index is 905. The van der Waals surface area contributed by atoms with E-state index >= 15 is 0 Å². The number of piperidine rings is 1. The summed E-state index contributed by atoms with van der Waals surface area (Å²) in [4.78, 5) is 12.9. The lowest BCUT2D eigenvalue weighted by Gasteiger charge is -2.33. The molecule has 1 fully saturated rings. The van der Waals surface area contributed by atoms with E-state index in [1.807, 2.05) is 13.8 Å². The van der Waals surface area contributed by atoms with Crippen molar-refractivity contribution in [1.82, 2.24) is 5.32 Å². The summed E-state index contributed by atoms with van der Waals surface area (Å²) in [7, 11) is 0. The van der Waals surface area contributed by atoms with E-state index in [9.17, 15) is 13.6 Å². The van der Waals surface area contributed by atoms with Gasteiger partial charge in [-0.2, -0.15) is 0 Å². The Morgan fingerprint density at radius 1 is 1.19 bits per heavy atom. The number of fused-ring (bicyclic) bond motifs is 2. The number of anilines is 1. The number of carbonyl (C=O) groups excluding carboxylic acids is 1. The fourth-order valence-corrected chi connectivity index (χ4v) is 4.18. The van der Waals surface area contributed by atoms with Gasteiger partial charge < -0.3 is 15.4 Å². The molecule has 2 aliphatic heterocycles. The molecule has 0 aromatic heterocycles. The monoisotopic (exact) mass is 372 g/mol. The van der Waals surface area contributed by atoms with Crippen molar-refractivity contribution in [3.8, 4) is 16.9 Å². The predicted octanol–water partition coefficient (Wildman–Crippen LogP) is 3.99. The molecular weight excluding hydrogens is 350 g/mol. The summed E-state index contributed by atoms with van der Waals surface area (Å²) in [5.41, 5.74) is 1.17. The van der Waals surface area contributed by atoms with Gasteiger partial charge in [0.25, 0.3) is 0 Å². The third-order valence-electron chi connectivity index (χ3n) is 5.30. The number of ether oxygens (including phenoxy) is 1. The number of carbonyl (C=O) groups is 1. The van der Waals surface area contributed by atoms with Crippen LogP contribution in [0.5, 0.6) is 5.75 Å². The van der Waals surface area contributed by atoms with Gasteiger partial charge >= 0.3 is 0 Å². The molecule has 27 heavy (non-hydrogen) atoms. The highest BCUT2D eigenvalue weighted by atomic mass is 19.2. The molecule has 2 N–H and O–H groups in total. The maximum atomic E-state index is 14.9. The number of halogens is 2. The van der Waals surface area contributed by atoms with Crippen molar-refractivity contribution < 1.29 is 18.3 Å². The van der Waals surface area contributed by atoms with Gasteiger partial charge in [-0.25, -0.2) is 8.78 Å². The van der Waals surface area contributed by atoms with Gasteiger partial charge in [0, 0.05) is 17.8 Å². The molecule has 0 bridgehead atoms. The summed E-state index contributed by atoms with van der Waals surface area (Å²) >= 11 is 0. The minimum atomic E-state index is -0.959. The van der Waals surface area contributed by atoms with Crippen molar-refractivity contribution in [2.24, 2.45) is 0 Å². The molecule has 6 heteroatoms. The van der Waals surface area contributed by atoms with Gasteiger partial charge in [-0.1, -0.05) is 12.1 Å². The topological polar surface area (TPSA) is 50.4 Å². The zero-order valence-corrected chi connectivity index (χ0v) is 15.4. The van der Waals surface area contributed by atoms with Crippen LogP contribution in [0.25, 0.3) is 11.1 Å². The molecular formula is C21H22F2N2O2. The zero-order chi connectivity index (χ0) is 19.2. The Hall–Kier alpha value is -2.47. The summed E-state index contributed by atoms with van der Waals surface area (Å²) < 4.78 is 34.8. The molecule has 4 rings (SSSR count). The molecule has 1 unspecified atom stereocenters. The molecule has 4 nitrogen and oxygen atoms in total. The summed E-state index contributed by atoms with van der Waals surface area (Å²) in [6.07, 6.45) is 1.30. The van der Waals surface area contributed by atoms with Crippen molar-refractivity contribution in [3.63, 3.8) is 0 Å². The second-order valence-electron chi connectivity index (χ2n) is 7.45. The molecule has 1 atom stereocenters. The van der Waals surface area contributed by atoms with E-state index in [2.05, 4.69) is 10.6 Å². The highest BCUT2D eigenvalue weighted by Gasteiger charge is 2.49. The summed E-state index contributed by atoms with van der Waals surface area (Å²) in [6, 6.07) is 7.80. The molecule has 2 aromatic rings. The quantitative estimate of drug-likeness (QED) is 0.857. The first-order valence-corrected chi connectivity index (χ1v) is 9.25. The number of hydrogen-bond donors (Lipinski definition) is 2. The minimum Gasteiger partial charge on any atom is -0.490 e. The van der Waals surface area contributed by atoms with Crippen LogP contribution in [-0.2, 0) is 10.2 Å². The van der Waals surface area contributed by atoms with Gasteiger partial charge in [-0.15, -0.1) is 0 Å². The molecule has 1 amide bonds. The summed E-state index contributed by atoms with van der Waals surface area (Å²) in [6.45, 7) is 4.97. The number of nitrogens with one attached hydrogen (secondary N) is 2. The molecule has 0 aliphatic carbocycles. The number of hydrogen-bond acceptors (Lipinski definition) is 3. The maximum Gasteiger partial charge on any atom is 0.236 e. The SMILES string of the molecule is CC(C)Oc1ccc(F)c(F)c1-c1cccc2c1C1(CCCNC1)C(=O)N2. The average Bonchev–Trinajstić information content (AvgIpc) is 2.91. The molecule has 0 saturated carbocycles. The van der Waals surface area contributed by atoms with Crippen LogP contribution in [0.2, 0.25) is 0 Å². The first-order chi connectivity index (χ1) is 12.9. The van der Waals surface area contributed by atoms with E-state index in [1.165, 1.54) is 6.07 Å². The number of amides is 1. The Labute approximate surface area is 156 Å². The summed E-state index contributed by atoms with van der Waals surface area (Å²) in [5.74, 6) is -1.72. The highest BCUT2D eigenvalue weighted by Crippen LogP contribution is 2.49. The molecule has 142 valence electrons. The largest absolute Gasteiger partial charge is 0.490 e. The lowest BCUT2D eigenvalue weighted by Crippen LogP contribution is -2.48. The number of rotatable bonds is 3. The lowest BCUT2D eigenvalue weighted by molar-refractivity contribution is -0.121. The van der Waals surface area contributed by atoms with Gasteiger partial charge in [0.1, 0.15) is 5.75 Å². The minimum absolute atomic E-state index is 0.0713. The average molecular weight is 372 g/mol. The Kier molecular flexibility index (Phi) is 4.38. The van der Waals surface area contributed by atoms with Crippen LogP contribution < -0.4 is 15.4 Å². The highest BCUT2D eigenvalue weighted by molar-refractivity contribution is 6.09. The lowest BCUT2D eigenvalue weighted by atomic mass is 9.73. The van der Waals surface area contributed by atoms with E-state index in [0.717, 1.165) is 24.6 Å². The van der Waals surface area contributed by atoms with Crippen molar-refractivity contribution in [3.05, 3.63) is 47.5 Å². The van der Waals surface area contributed by atoms with Crippen LogP contribution in [0.15, 0.2) is 30.3 Å². The molecule has 0 radical (unpaired) electrons. The Morgan fingerprint density at radius 2 is 2.00 bits per heavy atom. The van der Waals surface area contributed by atoms with E-state index in [1.54, 1.807) is 18.2 Å². The van der Waals surface area contributed by atoms with Crippen LogP contribution in [0, 0.1) is 11.6 Å². The first kappa shape index (κ1) is 17.9. The van der Waals surface area contributed by atoms with E-state index in [0.29, 0.717) is 24.2 Å². The Morgan fingerprint density at radius 3 is 2.70 bits per heavy atom. The molecule has 1 spiro atoms. The van der Waals surface area contributed by atoms with Gasteiger partial charge in [0.2, 0.25) is 5.91 Å². The van der Waals surface area contributed by atoms with Crippen molar-refractivity contribution in [2.45, 2.75) is 38.2 Å². The second-order valence-corrected chi connectivity index (χ2v) is 7.45. The van der Waals surface area contributed by atoms with Gasteiger partial charge in [0.05, 0.1) is 17.1 Å². The van der Waals surface area contributed by atoms with Crippen molar-refractivity contribution in [1.29, 1.82) is 0 Å². The molecule has 2 aliphatic rings. The van der Waals surface area contributed by atoms with Gasteiger partial charge in [0.15, 0.2) is 11.6 Å². The smallest absolute Gasteiger partial charge is 0.236 e. The molecule has 2 aromatic carbocycles. The first-order valence-electron chi connectivity index (χ1n) is 9.25. The second kappa shape index (κ2) is 6.60. The van der Waals surface area contributed by atoms with Crippen LogP contribution >= 0.6 is 0 Å². The third kappa shape index (κ3) is 2.79. The van der Waals surface area contributed by atoms with Crippen molar-refractivity contribution in [2.75, 3.05) is 18.4 Å². The molecule has 1 saturated heterocycles. The van der Waals surface area contributed by atoms with Crippen molar-refractivity contribution >= 4 is 11.6 Å². The van der Waals surface area contributed by atoms with E-state index in [-0.39, 0.29) is 23.3 Å². The van der Waals surface area contributed by atoms with Crippen LogP contribution in [0.3, 0.4) is 0 Å². The zero-order valence-electron chi connectivity index (χ0n) is 15.4. The van der Waals surface area contributed by atoms with Crippen LogP contribution in [0.1, 0.15) is 32.3 Å². The third-order valence-corrected chi connectivity index (χ3v) is 5.30. The normalized spacial score (nSPS) is 21.4. The standard InChI is InChI=1S/C21H22F2N2O2/c1-12(2)27-16-8-7-14(22)19(23)17(16)13-5-3-6-15-18(13)21(20(26)25-15)9-4-10-24-11-21/h3,5-8,12,24H,4,9-11H2,1-2H3,(H,25,26). The fraction of sp³-hybridized carbons (Fsp3) is 0.381. The van der Waals surface area contributed by atoms with E-state index < -0.39 is 17.0 Å².